The lowest BCUT2D eigenvalue weighted by molar-refractivity contribution is 0.604. The van der Waals surface area contributed by atoms with E-state index in [9.17, 15) is 0 Å². The number of rotatable bonds is 2. The van der Waals surface area contributed by atoms with Crippen LogP contribution in [-0.4, -0.2) is 0 Å². The molecule has 3 aromatic rings. The number of hydrogen-bond acceptors (Lipinski definition) is 3. The van der Waals surface area contributed by atoms with Gasteiger partial charge in [0, 0.05) is 24.4 Å². The molecule has 0 bridgehead atoms. The summed E-state index contributed by atoms with van der Waals surface area (Å²) < 4.78 is 0. The molecule has 0 amide bonds. The maximum absolute atomic E-state index is 2.27. The largest absolute Gasteiger partial charge is 0.143 e. The minimum absolute atomic E-state index is 0.247. The highest BCUT2D eigenvalue weighted by Gasteiger charge is 2.17. The molecule has 0 radical (unpaired) electrons. The summed E-state index contributed by atoms with van der Waals surface area (Å²) in [4.78, 5) is 6.95. The second-order valence-electron chi connectivity index (χ2n) is 5.56. The molecular weight excluding hydrogens is 288 g/mol. The van der Waals surface area contributed by atoms with Crippen LogP contribution >= 0.6 is 34.0 Å². The van der Waals surface area contributed by atoms with Crippen LogP contribution in [0.25, 0.3) is 19.5 Å². The first-order valence-corrected chi connectivity index (χ1v) is 8.80. The molecule has 3 heteroatoms. The van der Waals surface area contributed by atoms with Crippen LogP contribution in [0.1, 0.15) is 25.6 Å². The highest BCUT2D eigenvalue weighted by atomic mass is 32.1. The first-order chi connectivity index (χ1) is 9.04. The average molecular weight is 305 g/mol. The van der Waals surface area contributed by atoms with Crippen LogP contribution in [0.2, 0.25) is 0 Å². The van der Waals surface area contributed by atoms with Gasteiger partial charge in [-0.2, -0.15) is 0 Å². The van der Waals surface area contributed by atoms with Crippen LogP contribution in [0.3, 0.4) is 0 Å². The standard InChI is InChI=1S/C16H16S3/c1-16(2,3)15-9-8-14(19-15)13-7-6-12(18-13)11-5-4-10-17-11/h4-10H,1-3H3. The highest BCUT2D eigenvalue weighted by Crippen LogP contribution is 2.41. The van der Waals surface area contributed by atoms with E-state index < -0.39 is 0 Å². The topological polar surface area (TPSA) is 0 Å². The summed E-state index contributed by atoms with van der Waals surface area (Å²) in [5.41, 5.74) is 0.247. The fourth-order valence-corrected chi connectivity index (χ4v) is 4.89. The van der Waals surface area contributed by atoms with E-state index in [1.54, 1.807) is 0 Å². The summed E-state index contributed by atoms with van der Waals surface area (Å²) in [6.07, 6.45) is 0. The summed E-state index contributed by atoms with van der Waals surface area (Å²) in [7, 11) is 0. The van der Waals surface area contributed by atoms with Crippen molar-refractivity contribution in [1.82, 2.24) is 0 Å². The molecule has 98 valence electrons. The Hall–Kier alpha value is -0.900. The van der Waals surface area contributed by atoms with Gasteiger partial charge >= 0.3 is 0 Å². The van der Waals surface area contributed by atoms with Crippen LogP contribution < -0.4 is 0 Å². The van der Waals surface area contributed by atoms with Crippen molar-refractivity contribution in [2.75, 3.05) is 0 Å². The number of hydrogen-bond donors (Lipinski definition) is 0. The predicted octanol–water partition coefficient (Wildman–Crippen LogP) is 6.50. The van der Waals surface area contributed by atoms with Gasteiger partial charge < -0.3 is 0 Å². The van der Waals surface area contributed by atoms with Crippen LogP contribution in [0.4, 0.5) is 0 Å². The Labute approximate surface area is 126 Å². The Kier molecular flexibility index (Phi) is 3.37. The Morgan fingerprint density at radius 2 is 1.37 bits per heavy atom. The predicted molar refractivity (Wildman–Crippen MR) is 89.6 cm³/mol. The third kappa shape index (κ3) is 2.69. The van der Waals surface area contributed by atoms with Crippen molar-refractivity contribution >= 4 is 34.0 Å². The molecule has 0 aromatic carbocycles. The monoisotopic (exact) mass is 304 g/mol. The van der Waals surface area contributed by atoms with Crippen molar-refractivity contribution in [3.8, 4) is 19.5 Å². The molecule has 0 aliphatic heterocycles. The molecule has 0 aliphatic rings. The molecule has 3 aromatic heterocycles. The van der Waals surface area contributed by atoms with E-state index in [4.69, 9.17) is 0 Å². The van der Waals surface area contributed by atoms with Gasteiger partial charge in [-0.15, -0.1) is 34.0 Å². The van der Waals surface area contributed by atoms with E-state index in [2.05, 4.69) is 62.5 Å². The maximum atomic E-state index is 2.27. The molecule has 0 spiro atoms. The van der Waals surface area contributed by atoms with Crippen molar-refractivity contribution in [2.45, 2.75) is 26.2 Å². The van der Waals surface area contributed by atoms with Gasteiger partial charge in [-0.3, -0.25) is 0 Å². The Balaban J connectivity index is 1.93. The molecule has 3 heterocycles. The first kappa shape index (κ1) is 13.1. The summed E-state index contributed by atoms with van der Waals surface area (Å²) in [6.45, 7) is 6.82. The molecule has 0 N–H and O–H groups in total. The zero-order valence-electron chi connectivity index (χ0n) is 11.3. The Bertz CT molecular complexity index is 663. The van der Waals surface area contributed by atoms with Crippen molar-refractivity contribution in [3.05, 3.63) is 46.7 Å². The van der Waals surface area contributed by atoms with E-state index >= 15 is 0 Å². The molecule has 0 nitrogen and oxygen atoms in total. The van der Waals surface area contributed by atoms with Gasteiger partial charge in [-0.1, -0.05) is 26.8 Å². The molecule has 3 rings (SSSR count). The molecule has 0 aliphatic carbocycles. The van der Waals surface area contributed by atoms with Gasteiger partial charge in [0.25, 0.3) is 0 Å². The molecule has 0 atom stereocenters. The third-order valence-electron chi connectivity index (χ3n) is 2.96. The Morgan fingerprint density at radius 1 is 0.737 bits per heavy atom. The lowest BCUT2D eigenvalue weighted by Crippen LogP contribution is -2.07. The minimum Gasteiger partial charge on any atom is -0.143 e. The van der Waals surface area contributed by atoms with Crippen LogP contribution in [0.5, 0.6) is 0 Å². The van der Waals surface area contributed by atoms with E-state index in [1.807, 2.05) is 34.0 Å². The smallest absolute Gasteiger partial charge is 0.0449 e. The zero-order valence-corrected chi connectivity index (χ0v) is 13.7. The SMILES string of the molecule is CC(C)(C)c1ccc(-c2ccc(-c3cccs3)s2)s1. The van der Waals surface area contributed by atoms with Crippen molar-refractivity contribution in [2.24, 2.45) is 0 Å². The number of thiophene rings is 3. The first-order valence-electron chi connectivity index (χ1n) is 6.28. The van der Waals surface area contributed by atoms with Crippen LogP contribution in [-0.2, 0) is 5.41 Å². The summed E-state index contributed by atoms with van der Waals surface area (Å²) in [6, 6.07) is 13.3. The summed E-state index contributed by atoms with van der Waals surface area (Å²) in [5, 5.41) is 2.14. The molecule has 19 heavy (non-hydrogen) atoms. The minimum atomic E-state index is 0.247. The summed E-state index contributed by atoms with van der Waals surface area (Å²) in [5.74, 6) is 0. The normalized spacial score (nSPS) is 11.9. The van der Waals surface area contributed by atoms with Crippen LogP contribution in [0.15, 0.2) is 41.8 Å². The molecular formula is C16H16S3. The quantitative estimate of drug-likeness (QED) is 0.506. The fraction of sp³-hybridized carbons (Fsp3) is 0.250. The van der Waals surface area contributed by atoms with Crippen LogP contribution in [0, 0.1) is 0 Å². The summed E-state index contributed by atoms with van der Waals surface area (Å²) >= 11 is 5.61. The van der Waals surface area contributed by atoms with E-state index in [1.165, 1.54) is 24.4 Å². The second kappa shape index (κ2) is 4.89. The molecule has 0 fully saturated rings. The molecule has 0 saturated carbocycles. The average Bonchev–Trinajstić information content (AvgIpc) is 3.10. The van der Waals surface area contributed by atoms with Gasteiger partial charge in [-0.25, -0.2) is 0 Å². The highest BCUT2D eigenvalue weighted by molar-refractivity contribution is 7.26. The maximum Gasteiger partial charge on any atom is 0.0449 e. The van der Waals surface area contributed by atoms with Gasteiger partial charge in [-0.05, 0) is 41.1 Å². The second-order valence-corrected chi connectivity index (χ2v) is 8.67. The van der Waals surface area contributed by atoms with Crippen molar-refractivity contribution < 1.29 is 0 Å². The lowest BCUT2D eigenvalue weighted by atomic mass is 9.95. The molecule has 0 unspecified atom stereocenters. The molecule has 0 saturated heterocycles. The third-order valence-corrected chi connectivity index (χ3v) is 6.82. The Morgan fingerprint density at radius 3 is 1.95 bits per heavy atom. The van der Waals surface area contributed by atoms with Gasteiger partial charge in [0.2, 0.25) is 0 Å². The van der Waals surface area contributed by atoms with Crippen molar-refractivity contribution in [1.29, 1.82) is 0 Å². The zero-order chi connectivity index (χ0) is 13.5. The van der Waals surface area contributed by atoms with Gasteiger partial charge in [0.15, 0.2) is 0 Å². The van der Waals surface area contributed by atoms with E-state index in [0.29, 0.717) is 0 Å². The van der Waals surface area contributed by atoms with Crippen molar-refractivity contribution in [3.63, 3.8) is 0 Å². The fourth-order valence-electron chi connectivity index (χ4n) is 1.89. The van der Waals surface area contributed by atoms with E-state index in [0.717, 1.165) is 0 Å². The van der Waals surface area contributed by atoms with E-state index in [-0.39, 0.29) is 5.41 Å². The lowest BCUT2D eigenvalue weighted by Gasteiger charge is -2.15. The van der Waals surface area contributed by atoms with Gasteiger partial charge in [0.05, 0.1) is 0 Å². The van der Waals surface area contributed by atoms with Gasteiger partial charge in [0.1, 0.15) is 0 Å².